The molecule has 2 aliphatic heterocycles. The van der Waals surface area contributed by atoms with Crippen molar-refractivity contribution in [3.8, 4) is 0 Å². The van der Waals surface area contributed by atoms with E-state index >= 15 is 0 Å². The van der Waals surface area contributed by atoms with Gasteiger partial charge in [0.15, 0.2) is 0 Å². The van der Waals surface area contributed by atoms with Gasteiger partial charge in [-0.2, -0.15) is 31.4 Å². The van der Waals surface area contributed by atoms with Crippen molar-refractivity contribution in [3.63, 3.8) is 0 Å². The minimum atomic E-state index is -5.04. The van der Waals surface area contributed by atoms with Gasteiger partial charge in [0.1, 0.15) is 11.8 Å². The Morgan fingerprint density at radius 1 is 1.04 bits per heavy atom. The van der Waals surface area contributed by atoms with Gasteiger partial charge < -0.3 is 9.64 Å². The zero-order valence-corrected chi connectivity index (χ0v) is 25.4. The number of fused-ring (bicyclic) bond motifs is 1. The smallest absolute Gasteiger partial charge is 0.416 e. The highest BCUT2D eigenvalue weighted by atomic mass is 32.2. The summed E-state index contributed by atoms with van der Waals surface area (Å²) >= 11 is 0.601. The number of alkyl halides is 7. The standard InChI is InChI=1S/C30H27F7N4O4S/c1-28(2,3)45-26(43)39-9-8-21(31)23(15-39)41-25(42)24(46-27(41)44)11-16-4-7-22-18(10-16)13-38-40(22)14-17-5-6-19(29(32,33)34)12-20(17)30(35,36)37/h4-7,10-13,21,23H,8-9,14-15H2,1-3H3/b24-11+. The van der Waals surface area contributed by atoms with E-state index in [1.54, 1.807) is 26.8 Å². The Hall–Kier alpha value is -4.08. The molecule has 3 heterocycles. The van der Waals surface area contributed by atoms with Crippen LogP contribution in [0.4, 0.5) is 40.3 Å². The van der Waals surface area contributed by atoms with Crippen LogP contribution < -0.4 is 0 Å². The van der Waals surface area contributed by atoms with Crippen LogP contribution in [-0.2, 0) is 28.4 Å². The van der Waals surface area contributed by atoms with Crippen LogP contribution in [0.25, 0.3) is 17.0 Å². The predicted molar refractivity (Wildman–Crippen MR) is 154 cm³/mol. The van der Waals surface area contributed by atoms with Gasteiger partial charge in [0.05, 0.1) is 40.3 Å². The number of aromatic nitrogens is 2. The largest absolute Gasteiger partial charge is 0.444 e. The van der Waals surface area contributed by atoms with Crippen LogP contribution in [0.5, 0.6) is 0 Å². The number of piperidine rings is 1. The first-order valence-corrected chi connectivity index (χ1v) is 14.8. The molecule has 0 radical (unpaired) electrons. The summed E-state index contributed by atoms with van der Waals surface area (Å²) in [5, 5.41) is 3.83. The first-order valence-electron chi connectivity index (χ1n) is 13.9. The highest BCUT2D eigenvalue weighted by molar-refractivity contribution is 8.18. The van der Waals surface area contributed by atoms with Gasteiger partial charge in [0.25, 0.3) is 11.1 Å². The van der Waals surface area contributed by atoms with Crippen LogP contribution in [0.3, 0.4) is 0 Å². The molecule has 8 nitrogen and oxygen atoms in total. The number of imide groups is 1. The van der Waals surface area contributed by atoms with Crippen molar-refractivity contribution in [2.45, 2.75) is 63.9 Å². The van der Waals surface area contributed by atoms with Crippen LogP contribution in [0, 0.1) is 0 Å². The highest BCUT2D eigenvalue weighted by Gasteiger charge is 2.46. The molecule has 2 fully saturated rings. The Kier molecular flexibility index (Phi) is 8.64. The van der Waals surface area contributed by atoms with E-state index in [0.29, 0.717) is 34.3 Å². The molecule has 0 N–H and O–H groups in total. The van der Waals surface area contributed by atoms with Gasteiger partial charge in [0, 0.05) is 18.5 Å². The number of carbonyl (C=O) groups is 3. The monoisotopic (exact) mass is 672 g/mol. The second-order valence-corrected chi connectivity index (χ2v) is 12.8. The molecule has 16 heteroatoms. The van der Waals surface area contributed by atoms with Gasteiger partial charge >= 0.3 is 18.4 Å². The fraction of sp³-hybridized carbons (Fsp3) is 0.400. The molecule has 0 aliphatic carbocycles. The SMILES string of the molecule is CC(C)(C)OC(=O)N1CCC(F)C(N2C(=O)S/C(=C/c3ccc4c(cnn4Cc4ccc(C(F)(F)F)cc4C(F)(F)F)c3)C2=O)C1. The van der Waals surface area contributed by atoms with Crippen molar-refractivity contribution in [2.24, 2.45) is 0 Å². The van der Waals surface area contributed by atoms with E-state index in [9.17, 15) is 45.1 Å². The summed E-state index contributed by atoms with van der Waals surface area (Å²) in [6.07, 6.45) is -9.58. The fourth-order valence-corrected chi connectivity index (χ4v) is 6.08. The van der Waals surface area contributed by atoms with Crippen LogP contribution in [-0.4, -0.2) is 67.7 Å². The summed E-state index contributed by atoms with van der Waals surface area (Å²) in [7, 11) is 0. The number of benzene rings is 2. The molecule has 2 atom stereocenters. The quantitative estimate of drug-likeness (QED) is 0.211. The lowest BCUT2D eigenvalue weighted by atomic mass is 10.0. The molecule has 3 amide bonds. The number of hydrogen-bond acceptors (Lipinski definition) is 6. The third kappa shape index (κ3) is 7.00. The molecule has 5 rings (SSSR count). The number of likely N-dealkylation sites (tertiary alicyclic amines) is 1. The summed E-state index contributed by atoms with van der Waals surface area (Å²) in [4.78, 5) is 40.8. The van der Waals surface area contributed by atoms with Crippen molar-refractivity contribution in [2.75, 3.05) is 13.1 Å². The van der Waals surface area contributed by atoms with Gasteiger partial charge in [-0.25, -0.2) is 9.18 Å². The number of carbonyl (C=O) groups excluding carboxylic acids is 3. The maximum atomic E-state index is 15.0. The number of thioether (sulfide) groups is 1. The summed E-state index contributed by atoms with van der Waals surface area (Å²) in [6.45, 7) is 4.38. The van der Waals surface area contributed by atoms with Gasteiger partial charge in [-0.3, -0.25) is 19.2 Å². The van der Waals surface area contributed by atoms with Crippen molar-refractivity contribution in [1.82, 2.24) is 19.6 Å². The summed E-state index contributed by atoms with van der Waals surface area (Å²) < 4.78 is 102. The van der Waals surface area contributed by atoms with E-state index in [0.717, 1.165) is 11.0 Å². The first-order chi connectivity index (χ1) is 21.3. The van der Waals surface area contributed by atoms with Gasteiger partial charge in [0.2, 0.25) is 0 Å². The highest BCUT2D eigenvalue weighted by Crippen LogP contribution is 2.39. The van der Waals surface area contributed by atoms with E-state index in [1.807, 2.05) is 0 Å². The zero-order chi connectivity index (χ0) is 33.8. The number of amides is 3. The first kappa shape index (κ1) is 33.3. The van der Waals surface area contributed by atoms with Crippen LogP contribution in [0.2, 0.25) is 0 Å². The molecule has 246 valence electrons. The third-order valence-corrected chi connectivity index (χ3v) is 8.22. The van der Waals surface area contributed by atoms with Crippen molar-refractivity contribution < 1.29 is 49.9 Å². The normalized spacial score (nSPS) is 20.7. The average molecular weight is 673 g/mol. The molecule has 2 aromatic carbocycles. The van der Waals surface area contributed by atoms with Crippen molar-refractivity contribution in [3.05, 3.63) is 69.8 Å². The molecule has 2 saturated heterocycles. The fourth-order valence-electron chi connectivity index (χ4n) is 5.19. The predicted octanol–water partition coefficient (Wildman–Crippen LogP) is 7.51. The lowest BCUT2D eigenvalue weighted by Gasteiger charge is -2.38. The van der Waals surface area contributed by atoms with Gasteiger partial charge in [-0.05, 0) is 80.4 Å². The van der Waals surface area contributed by atoms with E-state index < -0.39 is 70.6 Å². The van der Waals surface area contributed by atoms with Crippen LogP contribution >= 0.6 is 11.8 Å². The second-order valence-electron chi connectivity index (χ2n) is 11.8. The Morgan fingerprint density at radius 2 is 1.76 bits per heavy atom. The Labute approximate surface area is 262 Å². The van der Waals surface area contributed by atoms with Crippen molar-refractivity contribution in [1.29, 1.82) is 0 Å². The second kappa shape index (κ2) is 11.9. The Bertz CT molecular complexity index is 1730. The van der Waals surface area contributed by atoms with E-state index in [4.69, 9.17) is 4.74 Å². The Balaban J connectivity index is 1.36. The molecule has 3 aromatic rings. The maximum Gasteiger partial charge on any atom is 0.416 e. The van der Waals surface area contributed by atoms with E-state index in [1.165, 1.54) is 34.0 Å². The molecular formula is C30H27F7N4O4S. The van der Waals surface area contributed by atoms with Gasteiger partial charge in [-0.15, -0.1) is 0 Å². The minimum absolute atomic E-state index is 0.00194. The molecule has 0 spiro atoms. The van der Waals surface area contributed by atoms with E-state index in [2.05, 4.69) is 5.10 Å². The summed E-state index contributed by atoms with van der Waals surface area (Å²) in [5.74, 6) is -0.744. The Morgan fingerprint density at radius 3 is 2.41 bits per heavy atom. The summed E-state index contributed by atoms with van der Waals surface area (Å²) in [6, 6.07) is 4.79. The molecular weight excluding hydrogens is 645 g/mol. The lowest BCUT2D eigenvalue weighted by molar-refractivity contribution is -0.143. The molecule has 1 aromatic heterocycles. The average Bonchev–Trinajstić information content (AvgIpc) is 3.45. The maximum absolute atomic E-state index is 15.0. The van der Waals surface area contributed by atoms with Crippen LogP contribution in [0.1, 0.15) is 49.4 Å². The minimum Gasteiger partial charge on any atom is -0.444 e. The number of ether oxygens (including phenoxy) is 1. The molecule has 0 bridgehead atoms. The van der Waals surface area contributed by atoms with Gasteiger partial charge in [-0.1, -0.05) is 12.1 Å². The molecule has 46 heavy (non-hydrogen) atoms. The molecule has 2 aliphatic rings. The molecule has 2 unspecified atom stereocenters. The number of nitrogens with zero attached hydrogens (tertiary/aromatic N) is 4. The topological polar surface area (TPSA) is 84.7 Å². The third-order valence-electron chi connectivity index (χ3n) is 7.33. The summed E-state index contributed by atoms with van der Waals surface area (Å²) in [5.41, 5.74) is -3.27. The molecule has 0 saturated carbocycles. The van der Waals surface area contributed by atoms with Crippen LogP contribution in [0.15, 0.2) is 47.5 Å². The number of halogens is 7. The number of hydrogen-bond donors (Lipinski definition) is 0. The lowest BCUT2D eigenvalue weighted by Crippen LogP contribution is -2.57. The zero-order valence-electron chi connectivity index (χ0n) is 24.6. The van der Waals surface area contributed by atoms with Crippen molar-refractivity contribution >= 4 is 46.0 Å². The van der Waals surface area contributed by atoms with E-state index in [-0.39, 0.29) is 30.5 Å². The number of rotatable bonds is 4.